The van der Waals surface area contributed by atoms with Gasteiger partial charge in [-0.05, 0) is 49.9 Å². The van der Waals surface area contributed by atoms with Gasteiger partial charge in [0.25, 0.3) is 0 Å². The molecule has 0 aromatic rings. The van der Waals surface area contributed by atoms with E-state index < -0.39 is 12.1 Å². The van der Waals surface area contributed by atoms with Gasteiger partial charge >= 0.3 is 6.18 Å². The van der Waals surface area contributed by atoms with Crippen molar-refractivity contribution in [2.24, 2.45) is 23.7 Å². The topological polar surface area (TPSA) is 0 Å². The summed E-state index contributed by atoms with van der Waals surface area (Å²) in [7, 11) is 0. The molecule has 0 radical (unpaired) electrons. The van der Waals surface area contributed by atoms with Crippen LogP contribution in [0.2, 0.25) is 0 Å². The summed E-state index contributed by atoms with van der Waals surface area (Å²) in [5, 5.41) is 0. The van der Waals surface area contributed by atoms with Crippen LogP contribution in [0.25, 0.3) is 0 Å². The van der Waals surface area contributed by atoms with Gasteiger partial charge in [-0.15, -0.1) is 0 Å². The van der Waals surface area contributed by atoms with E-state index in [1.165, 1.54) is 64.7 Å². The van der Waals surface area contributed by atoms with Crippen molar-refractivity contribution >= 4 is 0 Å². The molecule has 0 spiro atoms. The molecule has 0 saturated heterocycles. The number of hydrogen-bond acceptors (Lipinski definition) is 0. The Morgan fingerprint density at radius 1 is 0.905 bits per heavy atom. The zero-order valence-corrected chi connectivity index (χ0v) is 13.2. The maximum Gasteiger partial charge on any atom is 0.391 e. The molecule has 21 heavy (non-hydrogen) atoms. The molecule has 122 valence electrons. The average Bonchev–Trinajstić information content (AvgIpc) is 2.48. The highest BCUT2D eigenvalue weighted by molar-refractivity contribution is 4.93. The van der Waals surface area contributed by atoms with Crippen LogP contribution in [0.4, 0.5) is 13.2 Å². The van der Waals surface area contributed by atoms with E-state index in [9.17, 15) is 13.2 Å². The molecule has 2 aliphatic rings. The maximum absolute atomic E-state index is 12.4. The lowest BCUT2D eigenvalue weighted by molar-refractivity contribution is -0.168. The monoisotopic (exact) mass is 302 g/mol. The van der Waals surface area contributed by atoms with Crippen LogP contribution in [0.1, 0.15) is 71.1 Å². The van der Waals surface area contributed by atoms with Crippen molar-refractivity contribution < 1.29 is 13.2 Å². The molecule has 0 aromatic carbocycles. The minimum Gasteiger partial charge on any atom is -0.171 e. The largest absolute Gasteiger partial charge is 0.391 e. The number of rotatable bonds is 4. The normalized spacial score (nSPS) is 30.7. The fourth-order valence-electron chi connectivity index (χ4n) is 4.02. The lowest BCUT2D eigenvalue weighted by atomic mass is 9.71. The van der Waals surface area contributed by atoms with Gasteiger partial charge in [0.1, 0.15) is 0 Å². The van der Waals surface area contributed by atoms with E-state index in [1.807, 2.05) is 0 Å². The van der Waals surface area contributed by atoms with Crippen LogP contribution >= 0.6 is 0 Å². The molecule has 2 fully saturated rings. The average molecular weight is 302 g/mol. The minimum absolute atomic E-state index is 0.131. The van der Waals surface area contributed by atoms with Crippen LogP contribution in [-0.4, -0.2) is 6.18 Å². The zero-order chi connectivity index (χ0) is 15.3. The zero-order valence-electron chi connectivity index (χ0n) is 13.2. The van der Waals surface area contributed by atoms with Crippen LogP contribution in [0.15, 0.2) is 12.2 Å². The van der Waals surface area contributed by atoms with Crippen LogP contribution in [0.3, 0.4) is 0 Å². The molecule has 0 bridgehead atoms. The van der Waals surface area contributed by atoms with Crippen molar-refractivity contribution in [3.05, 3.63) is 12.2 Å². The molecule has 0 aliphatic heterocycles. The lowest BCUT2D eigenvalue weighted by Gasteiger charge is -2.35. The predicted octanol–water partition coefficient (Wildman–Crippen LogP) is 6.52. The number of allylic oxidation sites excluding steroid dienone is 2. The van der Waals surface area contributed by atoms with Crippen LogP contribution in [0.5, 0.6) is 0 Å². The number of alkyl halides is 3. The summed E-state index contributed by atoms with van der Waals surface area (Å²) in [6, 6.07) is 0. The molecule has 2 saturated carbocycles. The quantitative estimate of drug-likeness (QED) is 0.519. The molecule has 1 unspecified atom stereocenters. The number of hydrogen-bond donors (Lipinski definition) is 0. The van der Waals surface area contributed by atoms with E-state index in [-0.39, 0.29) is 6.42 Å². The van der Waals surface area contributed by atoms with Gasteiger partial charge in [-0.2, -0.15) is 13.2 Å². The molecule has 0 aromatic heterocycles. The van der Waals surface area contributed by atoms with Crippen LogP contribution in [-0.2, 0) is 0 Å². The van der Waals surface area contributed by atoms with Gasteiger partial charge in [0.2, 0.25) is 0 Å². The summed E-state index contributed by atoms with van der Waals surface area (Å²) in [5.41, 5.74) is 0. The van der Waals surface area contributed by atoms with E-state index in [2.05, 4.69) is 6.08 Å². The molecule has 1 atom stereocenters. The Morgan fingerprint density at radius 2 is 1.48 bits per heavy atom. The first-order valence-electron chi connectivity index (χ1n) is 8.70. The highest BCUT2D eigenvalue weighted by Crippen LogP contribution is 2.40. The second-order valence-corrected chi connectivity index (χ2v) is 7.18. The summed E-state index contributed by atoms with van der Waals surface area (Å²) < 4.78 is 37.3. The fraction of sp³-hybridized carbons (Fsp3) is 0.889. The Kier molecular flexibility index (Phi) is 6.19. The Balaban J connectivity index is 1.69. The Labute approximate surface area is 127 Å². The first kappa shape index (κ1) is 16.9. The van der Waals surface area contributed by atoms with Crippen molar-refractivity contribution in [1.82, 2.24) is 0 Å². The third-order valence-corrected chi connectivity index (χ3v) is 5.59. The number of halogens is 3. The van der Waals surface area contributed by atoms with Gasteiger partial charge in [-0.25, -0.2) is 0 Å². The standard InChI is InChI=1S/C18H29F3/c1-14(18(19,20)21)6-5-7-15-10-12-17(13-11-15)16-8-3-2-4-9-16/h5,7,14-17H,2-4,6,8-13H2,1H3/t14?,15-,17-. The summed E-state index contributed by atoms with van der Waals surface area (Å²) in [5.74, 6) is 1.13. The molecule has 3 heteroatoms. The first-order valence-corrected chi connectivity index (χ1v) is 8.70. The molecule has 0 N–H and O–H groups in total. The highest BCUT2D eigenvalue weighted by atomic mass is 19.4. The van der Waals surface area contributed by atoms with E-state index in [4.69, 9.17) is 0 Å². The van der Waals surface area contributed by atoms with Gasteiger partial charge in [0.15, 0.2) is 0 Å². The summed E-state index contributed by atoms with van der Waals surface area (Å²) in [6.07, 6.45) is 11.9. The molecular weight excluding hydrogens is 273 g/mol. The van der Waals surface area contributed by atoms with Crippen molar-refractivity contribution in [3.63, 3.8) is 0 Å². The van der Waals surface area contributed by atoms with Gasteiger partial charge < -0.3 is 0 Å². The molecule has 0 heterocycles. The Bertz CT molecular complexity index is 318. The minimum atomic E-state index is -4.05. The summed E-state index contributed by atoms with van der Waals surface area (Å²) >= 11 is 0. The lowest BCUT2D eigenvalue weighted by Crippen LogP contribution is -2.23. The van der Waals surface area contributed by atoms with Crippen LogP contribution in [0, 0.1) is 23.7 Å². The molecule has 0 nitrogen and oxygen atoms in total. The first-order chi connectivity index (χ1) is 9.97. The molecule has 0 amide bonds. The smallest absolute Gasteiger partial charge is 0.171 e. The Morgan fingerprint density at radius 3 is 2.05 bits per heavy atom. The van der Waals surface area contributed by atoms with Gasteiger partial charge in [0, 0.05) is 0 Å². The molecule has 2 aliphatic carbocycles. The maximum atomic E-state index is 12.4. The SMILES string of the molecule is CC(CC=C[C@H]1CC[C@H](C2CCCCC2)CC1)C(F)(F)F. The van der Waals surface area contributed by atoms with Gasteiger partial charge in [-0.1, -0.05) is 51.2 Å². The van der Waals surface area contributed by atoms with Crippen molar-refractivity contribution in [3.8, 4) is 0 Å². The summed E-state index contributed by atoms with van der Waals surface area (Å²) in [6.45, 7) is 1.27. The van der Waals surface area contributed by atoms with Crippen molar-refractivity contribution in [2.75, 3.05) is 0 Å². The van der Waals surface area contributed by atoms with Crippen LogP contribution < -0.4 is 0 Å². The third kappa shape index (κ3) is 5.34. The van der Waals surface area contributed by atoms with E-state index in [0.717, 1.165) is 11.8 Å². The second kappa shape index (κ2) is 7.69. The predicted molar refractivity (Wildman–Crippen MR) is 81.0 cm³/mol. The molecular formula is C18H29F3. The summed E-state index contributed by atoms with van der Waals surface area (Å²) in [4.78, 5) is 0. The van der Waals surface area contributed by atoms with E-state index in [1.54, 1.807) is 6.08 Å². The second-order valence-electron chi connectivity index (χ2n) is 7.18. The van der Waals surface area contributed by atoms with Crippen molar-refractivity contribution in [1.29, 1.82) is 0 Å². The van der Waals surface area contributed by atoms with Gasteiger partial charge in [0.05, 0.1) is 5.92 Å². The van der Waals surface area contributed by atoms with E-state index >= 15 is 0 Å². The highest BCUT2D eigenvalue weighted by Gasteiger charge is 2.34. The fourth-order valence-corrected chi connectivity index (χ4v) is 4.02. The van der Waals surface area contributed by atoms with E-state index in [0.29, 0.717) is 5.92 Å². The molecule has 2 rings (SSSR count). The Hall–Kier alpha value is -0.470. The third-order valence-electron chi connectivity index (χ3n) is 5.59. The van der Waals surface area contributed by atoms with Gasteiger partial charge in [-0.3, -0.25) is 0 Å². The van der Waals surface area contributed by atoms with Crippen molar-refractivity contribution in [2.45, 2.75) is 77.3 Å².